The van der Waals surface area contributed by atoms with E-state index in [0.29, 0.717) is 34.4 Å². The molecule has 0 saturated carbocycles. The van der Waals surface area contributed by atoms with E-state index in [9.17, 15) is 14.9 Å². The van der Waals surface area contributed by atoms with Crippen LogP contribution in [0.25, 0.3) is 17.0 Å². The van der Waals surface area contributed by atoms with Crippen LogP contribution in [0.3, 0.4) is 0 Å². The van der Waals surface area contributed by atoms with E-state index < -0.39 is 10.8 Å². The number of carbonyl (C=O) groups excluding carboxylic acids is 1. The molecule has 0 fully saturated rings. The van der Waals surface area contributed by atoms with Crippen molar-refractivity contribution < 1.29 is 23.9 Å². The first-order valence-electron chi connectivity index (χ1n) is 10.1. The van der Waals surface area contributed by atoms with Crippen molar-refractivity contribution in [2.45, 2.75) is 0 Å². The zero-order valence-corrected chi connectivity index (χ0v) is 18.3. The molecule has 4 rings (SSSR count). The maximum atomic E-state index is 12.2. The Bertz CT molecular complexity index is 1350. The summed E-state index contributed by atoms with van der Waals surface area (Å²) in [4.78, 5) is 22.6. The van der Waals surface area contributed by atoms with Crippen LogP contribution >= 0.6 is 0 Å². The number of carbonyl (C=O) groups is 1. The first-order valence-corrected chi connectivity index (χ1v) is 10.1. The summed E-state index contributed by atoms with van der Waals surface area (Å²) in [6.07, 6.45) is 0. The Labute approximate surface area is 193 Å². The van der Waals surface area contributed by atoms with Crippen LogP contribution in [0.4, 0.5) is 5.69 Å². The average molecular weight is 464 g/mol. The molecule has 34 heavy (non-hydrogen) atoms. The topological polar surface area (TPSA) is 143 Å². The largest absolute Gasteiger partial charge is 0.497 e. The van der Waals surface area contributed by atoms with Crippen LogP contribution in [0.15, 0.2) is 54.6 Å². The van der Waals surface area contributed by atoms with Crippen molar-refractivity contribution in [3.8, 4) is 28.8 Å². The highest BCUT2D eigenvalue weighted by molar-refractivity contribution is 5.94. The SMILES string of the molecule is COc1ccc(OC)c(-c2nnc3ccc(OCCNC(=O)c4cccc([N+](=O)[O-])c4)nn23)c1. The van der Waals surface area contributed by atoms with Crippen molar-refractivity contribution in [3.05, 3.63) is 70.3 Å². The van der Waals surface area contributed by atoms with Gasteiger partial charge in [-0.3, -0.25) is 14.9 Å². The molecule has 0 saturated heterocycles. The minimum Gasteiger partial charge on any atom is -0.497 e. The number of ether oxygens (including phenoxy) is 3. The molecule has 0 spiro atoms. The molecule has 2 aromatic carbocycles. The second kappa shape index (κ2) is 9.81. The summed E-state index contributed by atoms with van der Waals surface area (Å²) in [5, 5.41) is 26.3. The van der Waals surface area contributed by atoms with Gasteiger partial charge in [-0.15, -0.1) is 15.3 Å². The summed E-state index contributed by atoms with van der Waals surface area (Å²) in [6, 6.07) is 14.1. The van der Waals surface area contributed by atoms with Gasteiger partial charge in [0, 0.05) is 23.8 Å². The molecule has 0 unspecified atom stereocenters. The first kappa shape index (κ1) is 22.5. The summed E-state index contributed by atoms with van der Waals surface area (Å²) in [6.45, 7) is 0.291. The zero-order valence-electron chi connectivity index (χ0n) is 18.3. The Balaban J connectivity index is 1.45. The van der Waals surface area contributed by atoms with Crippen molar-refractivity contribution in [2.24, 2.45) is 0 Å². The van der Waals surface area contributed by atoms with Crippen molar-refractivity contribution in [1.29, 1.82) is 0 Å². The van der Waals surface area contributed by atoms with Crippen LogP contribution in [0.5, 0.6) is 17.4 Å². The number of rotatable bonds is 9. The number of nitro groups is 1. The lowest BCUT2D eigenvalue weighted by Crippen LogP contribution is -2.28. The second-order valence-electron chi connectivity index (χ2n) is 6.94. The van der Waals surface area contributed by atoms with Crippen molar-refractivity contribution in [1.82, 2.24) is 25.1 Å². The molecule has 0 radical (unpaired) electrons. The molecule has 4 aromatic rings. The van der Waals surface area contributed by atoms with E-state index in [0.717, 1.165) is 0 Å². The van der Waals surface area contributed by atoms with Crippen LogP contribution in [-0.2, 0) is 0 Å². The maximum Gasteiger partial charge on any atom is 0.270 e. The van der Waals surface area contributed by atoms with Crippen molar-refractivity contribution >= 4 is 17.2 Å². The van der Waals surface area contributed by atoms with Crippen LogP contribution in [0, 0.1) is 10.1 Å². The number of non-ortho nitro benzene ring substituents is 1. The molecule has 0 atom stereocenters. The van der Waals surface area contributed by atoms with Gasteiger partial charge in [-0.25, -0.2) is 0 Å². The predicted molar refractivity (Wildman–Crippen MR) is 120 cm³/mol. The molecule has 1 N–H and O–H groups in total. The van der Waals surface area contributed by atoms with Gasteiger partial charge in [0.1, 0.15) is 18.1 Å². The van der Waals surface area contributed by atoms with Crippen LogP contribution in [0.1, 0.15) is 10.4 Å². The van der Waals surface area contributed by atoms with Crippen molar-refractivity contribution in [2.75, 3.05) is 27.4 Å². The molecule has 1 amide bonds. The number of benzene rings is 2. The van der Waals surface area contributed by atoms with Crippen molar-refractivity contribution in [3.63, 3.8) is 0 Å². The smallest absolute Gasteiger partial charge is 0.270 e. The highest BCUT2D eigenvalue weighted by Crippen LogP contribution is 2.32. The summed E-state index contributed by atoms with van der Waals surface area (Å²) in [5.74, 6) is 1.49. The van der Waals surface area contributed by atoms with E-state index in [4.69, 9.17) is 14.2 Å². The summed E-state index contributed by atoms with van der Waals surface area (Å²) in [5.41, 5.74) is 1.18. The molecule has 0 aliphatic carbocycles. The number of nitrogens with zero attached hydrogens (tertiary/aromatic N) is 5. The number of nitro benzene ring substituents is 1. The molecular weight excluding hydrogens is 444 g/mol. The maximum absolute atomic E-state index is 12.2. The Hall–Kier alpha value is -4.74. The normalized spacial score (nSPS) is 10.6. The van der Waals surface area contributed by atoms with Gasteiger partial charge in [0.25, 0.3) is 11.6 Å². The Morgan fingerprint density at radius 2 is 1.94 bits per heavy atom. The van der Waals surface area contributed by atoms with Gasteiger partial charge in [0.15, 0.2) is 11.5 Å². The van der Waals surface area contributed by atoms with E-state index in [1.807, 2.05) is 0 Å². The zero-order chi connectivity index (χ0) is 24.1. The van der Waals surface area contributed by atoms with E-state index in [2.05, 4.69) is 20.6 Å². The van der Waals surface area contributed by atoms with Gasteiger partial charge in [-0.05, 0) is 30.3 Å². The molecule has 174 valence electrons. The number of hydrogen-bond donors (Lipinski definition) is 1. The third-order valence-electron chi connectivity index (χ3n) is 4.84. The number of aromatic nitrogens is 4. The highest BCUT2D eigenvalue weighted by Gasteiger charge is 2.16. The Morgan fingerprint density at radius 1 is 1.09 bits per heavy atom. The molecule has 0 aliphatic heterocycles. The van der Waals surface area contributed by atoms with E-state index >= 15 is 0 Å². The molecule has 0 bridgehead atoms. The summed E-state index contributed by atoms with van der Waals surface area (Å²) >= 11 is 0. The number of methoxy groups -OCH3 is 2. The van der Waals surface area contributed by atoms with Crippen LogP contribution in [-0.4, -0.2) is 58.0 Å². The van der Waals surface area contributed by atoms with Crippen LogP contribution in [0.2, 0.25) is 0 Å². The van der Waals surface area contributed by atoms with Gasteiger partial charge in [0.05, 0.1) is 31.3 Å². The first-order chi connectivity index (χ1) is 16.5. The fraction of sp³-hybridized carbons (Fsp3) is 0.182. The van der Waals surface area contributed by atoms with Gasteiger partial charge in [-0.1, -0.05) is 6.07 Å². The van der Waals surface area contributed by atoms with E-state index in [1.54, 1.807) is 44.6 Å². The highest BCUT2D eigenvalue weighted by atomic mass is 16.6. The number of fused-ring (bicyclic) bond motifs is 1. The van der Waals surface area contributed by atoms with Gasteiger partial charge < -0.3 is 19.5 Å². The van der Waals surface area contributed by atoms with Gasteiger partial charge in [-0.2, -0.15) is 4.52 Å². The van der Waals surface area contributed by atoms with Gasteiger partial charge in [0.2, 0.25) is 5.88 Å². The molecule has 0 aliphatic rings. The molecular formula is C22H20N6O6. The number of nitrogens with one attached hydrogen (secondary N) is 1. The predicted octanol–water partition coefficient (Wildman–Crippen LogP) is 2.53. The second-order valence-corrected chi connectivity index (χ2v) is 6.94. The number of hydrogen-bond acceptors (Lipinski definition) is 9. The molecule has 12 heteroatoms. The fourth-order valence-corrected chi connectivity index (χ4v) is 3.19. The lowest BCUT2D eigenvalue weighted by molar-refractivity contribution is -0.384. The fourth-order valence-electron chi connectivity index (χ4n) is 3.19. The Kier molecular flexibility index (Phi) is 6.48. The standard InChI is InChI=1S/C22H20N6O6/c1-32-16-6-7-18(33-2)17(13-16)21-25-24-19-8-9-20(26-27(19)21)34-11-10-23-22(29)14-4-3-5-15(12-14)28(30)31/h3-9,12-13H,10-11H2,1-2H3,(H,23,29). The summed E-state index contributed by atoms with van der Waals surface area (Å²) in [7, 11) is 3.12. The van der Waals surface area contributed by atoms with Gasteiger partial charge >= 0.3 is 0 Å². The van der Waals surface area contributed by atoms with E-state index in [1.165, 1.54) is 28.8 Å². The lowest BCUT2D eigenvalue weighted by Gasteiger charge is -2.10. The quantitative estimate of drug-likeness (QED) is 0.224. The lowest BCUT2D eigenvalue weighted by atomic mass is 10.2. The molecule has 2 heterocycles. The summed E-state index contributed by atoms with van der Waals surface area (Å²) < 4.78 is 17.9. The average Bonchev–Trinajstić information content (AvgIpc) is 3.29. The minimum atomic E-state index is -0.554. The monoisotopic (exact) mass is 464 g/mol. The third-order valence-corrected chi connectivity index (χ3v) is 4.84. The Morgan fingerprint density at radius 3 is 2.71 bits per heavy atom. The van der Waals surface area contributed by atoms with E-state index in [-0.39, 0.29) is 24.4 Å². The third kappa shape index (κ3) is 4.70. The molecule has 12 nitrogen and oxygen atoms in total. The molecule has 2 aromatic heterocycles. The minimum absolute atomic E-state index is 0.124. The number of amides is 1. The van der Waals surface area contributed by atoms with Crippen LogP contribution < -0.4 is 19.5 Å².